The number of anilines is 1. The topological polar surface area (TPSA) is 52.0 Å². The van der Waals surface area contributed by atoms with Crippen LogP contribution >= 0.6 is 11.6 Å². The SMILES string of the molecule is COc1ccc([C@H]2C[C@@H](c3c(F)cccc3Cl)n3ncnc3N2)cc1. The Balaban J connectivity index is 1.75. The molecule has 1 aliphatic rings. The van der Waals surface area contributed by atoms with Gasteiger partial charge in [0.15, 0.2) is 0 Å². The van der Waals surface area contributed by atoms with Crippen molar-refractivity contribution >= 4 is 17.5 Å². The van der Waals surface area contributed by atoms with Crippen molar-refractivity contribution in [3.8, 4) is 5.75 Å². The number of hydrogen-bond acceptors (Lipinski definition) is 4. The highest BCUT2D eigenvalue weighted by atomic mass is 35.5. The Hall–Kier alpha value is -2.60. The number of rotatable bonds is 3. The first kappa shape index (κ1) is 15.9. The van der Waals surface area contributed by atoms with Crippen molar-refractivity contribution in [3.05, 3.63) is 70.8 Å². The van der Waals surface area contributed by atoms with Gasteiger partial charge in [-0.1, -0.05) is 29.8 Å². The Morgan fingerprint density at radius 2 is 2.04 bits per heavy atom. The van der Waals surface area contributed by atoms with Crippen LogP contribution in [0.5, 0.6) is 5.75 Å². The number of hydrogen-bond donors (Lipinski definition) is 1. The summed E-state index contributed by atoms with van der Waals surface area (Å²) in [5.41, 5.74) is 1.50. The third-order valence-corrected chi connectivity index (χ3v) is 4.81. The number of nitrogens with zero attached hydrogens (tertiary/aromatic N) is 3. The third-order valence-electron chi connectivity index (χ3n) is 4.48. The first-order valence-corrected chi connectivity index (χ1v) is 8.29. The molecule has 5 nitrogen and oxygen atoms in total. The van der Waals surface area contributed by atoms with Gasteiger partial charge in [0.2, 0.25) is 5.95 Å². The number of benzene rings is 2. The molecule has 2 atom stereocenters. The molecule has 2 heterocycles. The summed E-state index contributed by atoms with van der Waals surface area (Å²) in [6.07, 6.45) is 2.06. The lowest BCUT2D eigenvalue weighted by Crippen LogP contribution is -2.28. The molecule has 1 N–H and O–H groups in total. The summed E-state index contributed by atoms with van der Waals surface area (Å²) in [6, 6.07) is 12.1. The van der Waals surface area contributed by atoms with Crippen molar-refractivity contribution in [2.45, 2.75) is 18.5 Å². The van der Waals surface area contributed by atoms with E-state index in [2.05, 4.69) is 15.4 Å². The molecule has 3 aromatic rings. The van der Waals surface area contributed by atoms with Gasteiger partial charge in [-0.15, -0.1) is 0 Å². The van der Waals surface area contributed by atoms with Crippen molar-refractivity contribution in [3.63, 3.8) is 0 Å². The van der Waals surface area contributed by atoms with Gasteiger partial charge in [-0.3, -0.25) is 0 Å². The van der Waals surface area contributed by atoms with E-state index in [0.717, 1.165) is 11.3 Å². The van der Waals surface area contributed by atoms with Gasteiger partial charge in [-0.25, -0.2) is 9.07 Å². The summed E-state index contributed by atoms with van der Waals surface area (Å²) < 4.78 is 21.4. The van der Waals surface area contributed by atoms with E-state index in [9.17, 15) is 4.39 Å². The van der Waals surface area contributed by atoms with Crippen LogP contribution in [0, 0.1) is 5.82 Å². The maximum absolute atomic E-state index is 14.5. The molecule has 128 valence electrons. The second-order valence-electron chi connectivity index (χ2n) is 5.89. The van der Waals surface area contributed by atoms with E-state index in [4.69, 9.17) is 16.3 Å². The molecular weight excluding hydrogens is 343 g/mol. The van der Waals surface area contributed by atoms with Gasteiger partial charge in [-0.2, -0.15) is 10.1 Å². The lowest BCUT2D eigenvalue weighted by Gasteiger charge is -2.32. The summed E-state index contributed by atoms with van der Waals surface area (Å²) in [6.45, 7) is 0. The molecule has 0 bridgehead atoms. The van der Waals surface area contributed by atoms with Crippen LogP contribution in [0.25, 0.3) is 0 Å². The molecule has 0 amide bonds. The van der Waals surface area contributed by atoms with Gasteiger partial charge >= 0.3 is 0 Å². The van der Waals surface area contributed by atoms with Crippen LogP contribution < -0.4 is 10.1 Å². The van der Waals surface area contributed by atoms with Crippen molar-refractivity contribution < 1.29 is 9.13 Å². The van der Waals surface area contributed by atoms with Gasteiger partial charge in [-0.05, 0) is 36.2 Å². The lowest BCUT2D eigenvalue weighted by molar-refractivity contribution is 0.410. The molecule has 0 radical (unpaired) electrons. The monoisotopic (exact) mass is 358 g/mol. The third kappa shape index (κ3) is 2.82. The van der Waals surface area contributed by atoms with E-state index in [1.165, 1.54) is 12.4 Å². The standard InChI is InChI=1S/C18H16ClFN4O/c1-25-12-7-5-11(6-8-12)15-9-16(24-18(23-15)21-10-22-24)17-13(19)3-2-4-14(17)20/h2-8,10,15-16H,9H2,1H3,(H,21,22,23)/t15-,16+/m1/s1. The molecule has 0 saturated carbocycles. The minimum absolute atomic E-state index is 0.0386. The van der Waals surface area contributed by atoms with Crippen LogP contribution in [0.2, 0.25) is 5.02 Å². The summed E-state index contributed by atoms with van der Waals surface area (Å²) in [7, 11) is 1.63. The average Bonchev–Trinajstić information content (AvgIpc) is 3.10. The van der Waals surface area contributed by atoms with Crippen LogP contribution in [0.4, 0.5) is 10.3 Å². The van der Waals surface area contributed by atoms with Crippen LogP contribution in [-0.4, -0.2) is 21.9 Å². The zero-order valence-corrected chi connectivity index (χ0v) is 14.2. The highest BCUT2D eigenvalue weighted by molar-refractivity contribution is 6.31. The molecule has 0 saturated heterocycles. The molecule has 7 heteroatoms. The quantitative estimate of drug-likeness (QED) is 0.761. The van der Waals surface area contributed by atoms with Gasteiger partial charge in [0.05, 0.1) is 19.2 Å². The summed E-state index contributed by atoms with van der Waals surface area (Å²) >= 11 is 6.29. The second kappa shape index (κ2) is 6.37. The highest BCUT2D eigenvalue weighted by Gasteiger charge is 2.32. The zero-order valence-electron chi connectivity index (χ0n) is 13.5. The van der Waals surface area contributed by atoms with Crippen molar-refractivity contribution in [2.24, 2.45) is 0 Å². The largest absolute Gasteiger partial charge is 0.497 e. The van der Waals surface area contributed by atoms with Crippen LogP contribution in [-0.2, 0) is 0 Å². The van der Waals surface area contributed by atoms with E-state index >= 15 is 0 Å². The minimum Gasteiger partial charge on any atom is -0.497 e. The Morgan fingerprint density at radius 3 is 2.76 bits per heavy atom. The molecular formula is C18H16ClFN4O. The van der Waals surface area contributed by atoms with E-state index in [1.807, 2.05) is 24.3 Å². The average molecular weight is 359 g/mol. The van der Waals surface area contributed by atoms with Crippen LogP contribution in [0.1, 0.15) is 29.6 Å². The van der Waals surface area contributed by atoms with Crippen molar-refractivity contribution in [1.29, 1.82) is 0 Å². The van der Waals surface area contributed by atoms with E-state index < -0.39 is 0 Å². The molecule has 4 rings (SSSR count). The normalized spacial score (nSPS) is 19.2. The number of aromatic nitrogens is 3. The second-order valence-corrected chi connectivity index (χ2v) is 6.29. The van der Waals surface area contributed by atoms with E-state index in [-0.39, 0.29) is 17.9 Å². The summed E-state index contributed by atoms with van der Waals surface area (Å²) in [5.74, 6) is 1.04. The molecule has 1 aromatic heterocycles. The maximum atomic E-state index is 14.5. The molecule has 25 heavy (non-hydrogen) atoms. The molecule has 0 aliphatic carbocycles. The van der Waals surface area contributed by atoms with Crippen LogP contribution in [0.3, 0.4) is 0 Å². The number of nitrogens with one attached hydrogen (secondary N) is 1. The number of halogens is 2. The number of ether oxygens (including phenoxy) is 1. The van der Waals surface area contributed by atoms with Crippen molar-refractivity contribution in [1.82, 2.24) is 14.8 Å². The molecule has 0 unspecified atom stereocenters. The fourth-order valence-corrected chi connectivity index (χ4v) is 3.53. The van der Waals surface area contributed by atoms with E-state index in [0.29, 0.717) is 23.0 Å². The Labute approximate surface area is 149 Å². The number of methoxy groups -OCH3 is 1. The van der Waals surface area contributed by atoms with Gasteiger partial charge in [0, 0.05) is 10.6 Å². The fraction of sp³-hybridized carbons (Fsp3) is 0.222. The Morgan fingerprint density at radius 1 is 1.24 bits per heavy atom. The van der Waals surface area contributed by atoms with Gasteiger partial charge in [0.25, 0.3) is 0 Å². The van der Waals surface area contributed by atoms with E-state index in [1.54, 1.807) is 23.9 Å². The smallest absolute Gasteiger partial charge is 0.222 e. The number of fused-ring (bicyclic) bond motifs is 1. The molecule has 1 aliphatic heterocycles. The van der Waals surface area contributed by atoms with Crippen molar-refractivity contribution in [2.75, 3.05) is 12.4 Å². The predicted octanol–water partition coefficient (Wildman–Crippen LogP) is 4.23. The zero-order chi connectivity index (χ0) is 17.4. The lowest BCUT2D eigenvalue weighted by atomic mass is 9.93. The van der Waals surface area contributed by atoms with Gasteiger partial charge in [0.1, 0.15) is 17.9 Å². The molecule has 0 spiro atoms. The predicted molar refractivity (Wildman–Crippen MR) is 93.5 cm³/mol. The molecule has 0 fully saturated rings. The summed E-state index contributed by atoms with van der Waals surface area (Å²) in [4.78, 5) is 4.25. The molecule has 2 aromatic carbocycles. The minimum atomic E-state index is -0.339. The fourth-order valence-electron chi connectivity index (χ4n) is 3.24. The Bertz CT molecular complexity index is 876. The summed E-state index contributed by atoms with van der Waals surface area (Å²) in [5, 5.41) is 7.99. The first-order chi connectivity index (χ1) is 12.2. The Kier molecular flexibility index (Phi) is 4.05. The van der Waals surface area contributed by atoms with Crippen LogP contribution in [0.15, 0.2) is 48.8 Å². The maximum Gasteiger partial charge on any atom is 0.222 e. The van der Waals surface area contributed by atoms with Gasteiger partial charge < -0.3 is 10.1 Å². The first-order valence-electron chi connectivity index (χ1n) is 7.91. The highest BCUT2D eigenvalue weighted by Crippen LogP contribution is 2.40.